The van der Waals surface area contributed by atoms with Crippen molar-refractivity contribution in [2.24, 2.45) is 0 Å². The average molecular weight is 176 g/mol. The van der Waals surface area contributed by atoms with Crippen LogP contribution in [0.1, 0.15) is 17.9 Å². The number of hydrogen-bond acceptors (Lipinski definition) is 1. The topological polar surface area (TPSA) is 0 Å². The lowest BCUT2D eigenvalue weighted by atomic mass is 9.96. The third-order valence-electron chi connectivity index (χ3n) is 2.29. The summed E-state index contributed by atoms with van der Waals surface area (Å²) in [4.78, 5) is 1.44. The zero-order valence-electron chi connectivity index (χ0n) is 6.99. The van der Waals surface area contributed by atoms with Gasteiger partial charge in [-0.05, 0) is 23.8 Å². The fourth-order valence-electron chi connectivity index (χ4n) is 1.61. The molecule has 0 unspecified atom stereocenters. The molecule has 0 nitrogen and oxygen atoms in total. The van der Waals surface area contributed by atoms with E-state index in [0.717, 1.165) is 0 Å². The van der Waals surface area contributed by atoms with Crippen molar-refractivity contribution in [2.45, 2.75) is 17.2 Å². The molecular weight excluding hydrogens is 164 g/mol. The van der Waals surface area contributed by atoms with E-state index >= 15 is 0 Å². The number of allylic oxidation sites excluding steroid dienone is 1. The van der Waals surface area contributed by atoms with Gasteiger partial charge in [-0.15, -0.1) is 18.3 Å². The van der Waals surface area contributed by atoms with Crippen LogP contribution < -0.4 is 0 Å². The molecule has 0 spiro atoms. The van der Waals surface area contributed by atoms with Crippen LogP contribution in [0.3, 0.4) is 0 Å². The zero-order chi connectivity index (χ0) is 8.39. The van der Waals surface area contributed by atoms with Crippen LogP contribution in [0.4, 0.5) is 0 Å². The zero-order valence-corrected chi connectivity index (χ0v) is 7.81. The van der Waals surface area contributed by atoms with Gasteiger partial charge in [0.15, 0.2) is 0 Å². The van der Waals surface area contributed by atoms with Gasteiger partial charge in [0.2, 0.25) is 0 Å². The first-order chi connectivity index (χ1) is 5.92. The highest BCUT2D eigenvalue weighted by molar-refractivity contribution is 7.99. The summed E-state index contributed by atoms with van der Waals surface area (Å²) in [7, 11) is 0. The molecule has 0 saturated heterocycles. The van der Waals surface area contributed by atoms with Gasteiger partial charge in [0.25, 0.3) is 0 Å². The highest BCUT2D eigenvalue weighted by Crippen LogP contribution is 2.37. The van der Waals surface area contributed by atoms with Crippen LogP contribution in [-0.2, 0) is 0 Å². The Bertz CT molecular complexity index is 291. The van der Waals surface area contributed by atoms with Crippen molar-refractivity contribution in [2.75, 3.05) is 5.75 Å². The summed E-state index contributed by atoms with van der Waals surface area (Å²) in [6.45, 7) is 3.87. The molecule has 0 radical (unpaired) electrons. The predicted octanol–water partition coefficient (Wildman–Crippen LogP) is 3.45. The van der Waals surface area contributed by atoms with E-state index < -0.39 is 0 Å². The molecule has 1 aliphatic rings. The lowest BCUT2D eigenvalue weighted by Crippen LogP contribution is -2.03. The van der Waals surface area contributed by atoms with Crippen molar-refractivity contribution in [1.29, 1.82) is 0 Å². The van der Waals surface area contributed by atoms with Gasteiger partial charge < -0.3 is 0 Å². The standard InChI is InChI=1S/C11H12S/c1-2-9-7-8-12-11-6-4-3-5-10(9)11/h2-6,9H,1,7-8H2/t9-/m1/s1. The molecule has 1 heterocycles. The average Bonchev–Trinajstić information content (AvgIpc) is 2.17. The Morgan fingerprint density at radius 3 is 3.08 bits per heavy atom. The molecule has 0 aromatic heterocycles. The maximum absolute atomic E-state index is 3.87. The van der Waals surface area contributed by atoms with Crippen LogP contribution in [0, 0.1) is 0 Å². The molecule has 62 valence electrons. The summed E-state index contributed by atoms with van der Waals surface area (Å²) in [5, 5.41) is 0. The maximum Gasteiger partial charge on any atom is 0.0110 e. The number of fused-ring (bicyclic) bond motifs is 1. The number of benzene rings is 1. The van der Waals surface area contributed by atoms with Crippen LogP contribution in [0.2, 0.25) is 0 Å². The second kappa shape index (κ2) is 3.36. The molecule has 1 heteroatoms. The van der Waals surface area contributed by atoms with E-state index in [2.05, 4.69) is 36.9 Å². The Labute approximate surface area is 77.7 Å². The van der Waals surface area contributed by atoms with Crippen molar-refractivity contribution in [1.82, 2.24) is 0 Å². The second-order valence-corrected chi connectivity index (χ2v) is 4.15. The highest BCUT2D eigenvalue weighted by atomic mass is 32.2. The van der Waals surface area contributed by atoms with Gasteiger partial charge in [0.1, 0.15) is 0 Å². The Hall–Kier alpha value is -0.690. The van der Waals surface area contributed by atoms with Crippen molar-refractivity contribution >= 4 is 11.8 Å². The molecular formula is C11H12S. The van der Waals surface area contributed by atoms with E-state index in [1.165, 1.54) is 22.6 Å². The molecule has 0 N–H and O–H groups in total. The van der Waals surface area contributed by atoms with E-state index in [9.17, 15) is 0 Å². The van der Waals surface area contributed by atoms with Crippen LogP contribution >= 0.6 is 11.8 Å². The largest absolute Gasteiger partial charge is 0.126 e. The van der Waals surface area contributed by atoms with Crippen molar-refractivity contribution in [3.05, 3.63) is 42.5 Å². The van der Waals surface area contributed by atoms with Gasteiger partial charge in [-0.3, -0.25) is 0 Å². The number of thioether (sulfide) groups is 1. The van der Waals surface area contributed by atoms with E-state index in [4.69, 9.17) is 0 Å². The van der Waals surface area contributed by atoms with Crippen LogP contribution in [-0.4, -0.2) is 5.75 Å². The Balaban J connectivity index is 2.43. The van der Waals surface area contributed by atoms with Gasteiger partial charge in [-0.25, -0.2) is 0 Å². The predicted molar refractivity (Wildman–Crippen MR) is 54.7 cm³/mol. The van der Waals surface area contributed by atoms with Gasteiger partial charge in [0, 0.05) is 10.8 Å². The van der Waals surface area contributed by atoms with Gasteiger partial charge >= 0.3 is 0 Å². The van der Waals surface area contributed by atoms with Crippen molar-refractivity contribution in [3.8, 4) is 0 Å². The van der Waals surface area contributed by atoms with Crippen LogP contribution in [0.5, 0.6) is 0 Å². The summed E-state index contributed by atoms with van der Waals surface area (Å²) >= 11 is 1.96. The van der Waals surface area contributed by atoms with Crippen molar-refractivity contribution < 1.29 is 0 Å². The van der Waals surface area contributed by atoms with Crippen LogP contribution in [0.15, 0.2) is 41.8 Å². The van der Waals surface area contributed by atoms with Gasteiger partial charge in [0.05, 0.1) is 0 Å². The molecule has 0 bridgehead atoms. The fraction of sp³-hybridized carbons (Fsp3) is 0.273. The molecule has 0 fully saturated rings. The summed E-state index contributed by atoms with van der Waals surface area (Å²) < 4.78 is 0. The van der Waals surface area contributed by atoms with E-state index in [1.807, 2.05) is 11.8 Å². The first-order valence-electron chi connectivity index (χ1n) is 4.26. The first-order valence-corrected chi connectivity index (χ1v) is 5.24. The van der Waals surface area contributed by atoms with Gasteiger partial charge in [-0.2, -0.15) is 0 Å². The minimum atomic E-state index is 0.586. The molecule has 1 atom stereocenters. The normalized spacial score (nSPS) is 21.5. The summed E-state index contributed by atoms with van der Waals surface area (Å²) in [5.41, 5.74) is 1.46. The lowest BCUT2D eigenvalue weighted by Gasteiger charge is -2.21. The van der Waals surface area contributed by atoms with E-state index in [0.29, 0.717) is 5.92 Å². The number of rotatable bonds is 1. The third-order valence-corrected chi connectivity index (χ3v) is 3.41. The second-order valence-electron chi connectivity index (χ2n) is 3.02. The lowest BCUT2D eigenvalue weighted by molar-refractivity contribution is 0.783. The molecule has 1 aromatic rings. The quantitative estimate of drug-likeness (QED) is 0.590. The maximum atomic E-state index is 3.87. The Morgan fingerprint density at radius 2 is 2.25 bits per heavy atom. The summed E-state index contributed by atoms with van der Waals surface area (Å²) in [6.07, 6.45) is 3.31. The van der Waals surface area contributed by atoms with E-state index in [-0.39, 0.29) is 0 Å². The number of hydrogen-bond donors (Lipinski definition) is 0. The molecule has 12 heavy (non-hydrogen) atoms. The van der Waals surface area contributed by atoms with E-state index in [1.54, 1.807) is 0 Å². The molecule has 0 saturated carbocycles. The minimum absolute atomic E-state index is 0.586. The molecule has 2 rings (SSSR count). The smallest absolute Gasteiger partial charge is 0.0110 e. The molecule has 1 aromatic carbocycles. The first kappa shape index (κ1) is 7.93. The van der Waals surface area contributed by atoms with Gasteiger partial charge in [-0.1, -0.05) is 24.3 Å². The Kier molecular flexibility index (Phi) is 2.22. The summed E-state index contributed by atoms with van der Waals surface area (Å²) in [5.74, 6) is 1.82. The minimum Gasteiger partial charge on any atom is -0.126 e. The molecule has 0 amide bonds. The molecule has 1 aliphatic heterocycles. The van der Waals surface area contributed by atoms with Crippen LogP contribution in [0.25, 0.3) is 0 Å². The summed E-state index contributed by atoms with van der Waals surface area (Å²) in [6, 6.07) is 8.64. The van der Waals surface area contributed by atoms with Crippen molar-refractivity contribution in [3.63, 3.8) is 0 Å². The fourth-order valence-corrected chi connectivity index (χ4v) is 2.77. The Morgan fingerprint density at radius 1 is 1.42 bits per heavy atom. The monoisotopic (exact) mass is 176 g/mol. The SMILES string of the molecule is C=C[C@@H]1CCSc2ccccc21. The third kappa shape index (κ3) is 1.29. The molecule has 0 aliphatic carbocycles. The highest BCUT2D eigenvalue weighted by Gasteiger charge is 2.16.